The number of benzene rings is 1. The van der Waals surface area contributed by atoms with E-state index in [1.165, 1.54) is 0 Å². The highest BCUT2D eigenvalue weighted by molar-refractivity contribution is 6.38. The Bertz CT molecular complexity index is 1230. The van der Waals surface area contributed by atoms with Crippen LogP contribution in [0.4, 0.5) is 10.5 Å². The van der Waals surface area contributed by atoms with Crippen molar-refractivity contribution in [3.05, 3.63) is 65.2 Å². The molecule has 0 saturated heterocycles. The van der Waals surface area contributed by atoms with E-state index in [2.05, 4.69) is 0 Å². The number of hydrogen-bond donors (Lipinski definition) is 1. The maximum atomic E-state index is 12.4. The van der Waals surface area contributed by atoms with Gasteiger partial charge in [-0.2, -0.15) is 0 Å². The number of amides is 1. The molecule has 0 radical (unpaired) electrons. The van der Waals surface area contributed by atoms with Crippen LogP contribution >= 0.6 is 0 Å². The molecular formula is C29H36N4O5. The zero-order valence-electron chi connectivity index (χ0n) is 22.7. The van der Waals surface area contributed by atoms with Crippen LogP contribution in [-0.4, -0.2) is 74.1 Å². The zero-order valence-corrected chi connectivity index (χ0v) is 22.7. The summed E-state index contributed by atoms with van der Waals surface area (Å²) >= 11 is 0. The van der Waals surface area contributed by atoms with Gasteiger partial charge in [0.1, 0.15) is 17.1 Å². The molecular weight excluding hydrogens is 484 g/mol. The highest BCUT2D eigenvalue weighted by Gasteiger charge is 2.25. The zero-order chi connectivity index (χ0) is 27.3. The van der Waals surface area contributed by atoms with Crippen molar-refractivity contribution in [2.45, 2.75) is 39.2 Å². The molecule has 4 rings (SSSR count). The Morgan fingerprint density at radius 3 is 2.45 bits per heavy atom. The van der Waals surface area contributed by atoms with Crippen LogP contribution in [0, 0.1) is 0 Å². The first-order valence-electron chi connectivity index (χ1n) is 12.7. The number of ether oxygens (including phenoxy) is 3. The van der Waals surface area contributed by atoms with E-state index >= 15 is 0 Å². The number of aliphatic hydroxyl groups excluding tert-OH is 1. The molecule has 2 bridgehead atoms. The molecule has 2 aliphatic heterocycles. The first kappa shape index (κ1) is 27.2. The molecule has 1 amide bonds. The van der Waals surface area contributed by atoms with Gasteiger partial charge >= 0.3 is 6.09 Å². The smallest absolute Gasteiger partial charge is 0.410 e. The number of methoxy groups -OCH3 is 2. The van der Waals surface area contributed by atoms with Crippen molar-refractivity contribution in [3.63, 3.8) is 0 Å². The van der Waals surface area contributed by atoms with Crippen molar-refractivity contribution in [3.8, 4) is 11.5 Å². The van der Waals surface area contributed by atoms with E-state index in [0.29, 0.717) is 44.0 Å². The van der Waals surface area contributed by atoms with Crippen molar-refractivity contribution in [1.29, 1.82) is 0 Å². The van der Waals surface area contributed by atoms with Gasteiger partial charge < -0.3 is 29.1 Å². The Morgan fingerprint density at radius 1 is 1.11 bits per heavy atom. The molecule has 38 heavy (non-hydrogen) atoms. The number of carbonyl (C=O) groups excluding carboxylic acids is 1. The number of carbonyl (C=O) groups is 1. The maximum absolute atomic E-state index is 12.4. The molecule has 0 aromatic heterocycles. The summed E-state index contributed by atoms with van der Waals surface area (Å²) in [7, 11) is 3.22. The van der Waals surface area contributed by atoms with E-state index in [4.69, 9.17) is 24.2 Å². The van der Waals surface area contributed by atoms with Gasteiger partial charge in [0, 0.05) is 67.0 Å². The Morgan fingerprint density at radius 2 is 1.84 bits per heavy atom. The van der Waals surface area contributed by atoms with Gasteiger partial charge in [0.25, 0.3) is 0 Å². The fourth-order valence-corrected chi connectivity index (χ4v) is 4.36. The predicted octanol–water partition coefficient (Wildman–Crippen LogP) is 4.65. The monoisotopic (exact) mass is 520 g/mol. The Balaban J connectivity index is 1.61. The van der Waals surface area contributed by atoms with Gasteiger partial charge in [0.05, 0.1) is 32.8 Å². The van der Waals surface area contributed by atoms with Crippen LogP contribution in [0.15, 0.2) is 75.2 Å². The minimum Gasteiger partial charge on any atom is -0.497 e. The number of nitrogens with zero attached hydrogens (tertiary/aromatic N) is 4. The molecule has 0 atom stereocenters. The molecule has 0 fully saturated rings. The van der Waals surface area contributed by atoms with Gasteiger partial charge in [-0.1, -0.05) is 6.08 Å². The number of hydrogen-bond acceptors (Lipinski definition) is 8. The standard InChI is InChI=1S/C29H36N4O5/c1-29(2,3)38-28(35)32-10-8-20(9-11-32)27-19-30-21-6-7-23(15-22(14-21)31-27)33(12-13-34)24-16-25(36-4)18-26(17-24)37-5/h6-8,15-19,34H,9-14H2,1-5H3. The average molecular weight is 521 g/mol. The van der Waals surface area contributed by atoms with E-state index in [0.717, 1.165) is 34.1 Å². The number of anilines is 1. The summed E-state index contributed by atoms with van der Waals surface area (Å²) < 4.78 is 16.4. The minimum atomic E-state index is -0.527. The van der Waals surface area contributed by atoms with Crippen molar-refractivity contribution in [2.75, 3.05) is 45.4 Å². The Kier molecular flexibility index (Phi) is 8.36. The lowest BCUT2D eigenvalue weighted by Crippen LogP contribution is -2.39. The number of aliphatic imine (C=N–C) groups is 2. The highest BCUT2D eigenvalue weighted by atomic mass is 16.6. The number of rotatable bonds is 7. The Labute approximate surface area is 224 Å². The predicted molar refractivity (Wildman–Crippen MR) is 149 cm³/mol. The van der Waals surface area contributed by atoms with Crippen LogP contribution in [0.25, 0.3) is 0 Å². The first-order valence-corrected chi connectivity index (χ1v) is 12.7. The highest BCUT2D eigenvalue weighted by Crippen LogP contribution is 2.33. The van der Waals surface area contributed by atoms with Crippen LogP contribution in [-0.2, 0) is 4.74 Å². The molecule has 9 heteroatoms. The average Bonchev–Trinajstić information content (AvgIpc) is 3.23. The topological polar surface area (TPSA) is 96.2 Å². The number of allylic oxidation sites excluding steroid dienone is 3. The van der Waals surface area contributed by atoms with Crippen LogP contribution < -0.4 is 14.4 Å². The maximum Gasteiger partial charge on any atom is 0.410 e. The van der Waals surface area contributed by atoms with Gasteiger partial charge in [-0.3, -0.25) is 9.98 Å². The molecule has 9 nitrogen and oxygen atoms in total. The van der Waals surface area contributed by atoms with Gasteiger partial charge in [-0.15, -0.1) is 0 Å². The van der Waals surface area contributed by atoms with Gasteiger partial charge in [-0.05, 0) is 51.0 Å². The third-order valence-corrected chi connectivity index (χ3v) is 6.21. The fraction of sp³-hybridized carbons (Fsp3) is 0.414. The summed E-state index contributed by atoms with van der Waals surface area (Å²) in [4.78, 5) is 25.8. The lowest BCUT2D eigenvalue weighted by atomic mass is 10.0. The molecule has 1 aliphatic carbocycles. The lowest BCUT2D eigenvalue weighted by Gasteiger charge is -2.29. The molecule has 202 valence electrons. The molecule has 1 aromatic carbocycles. The summed E-state index contributed by atoms with van der Waals surface area (Å²) in [6.45, 7) is 6.96. The fourth-order valence-electron chi connectivity index (χ4n) is 4.36. The van der Waals surface area contributed by atoms with E-state index in [1.807, 2.05) is 68.2 Å². The van der Waals surface area contributed by atoms with Crippen LogP contribution in [0.3, 0.4) is 0 Å². The molecule has 3 aliphatic rings. The SMILES string of the molecule is COc1cc(OC)cc(N(CCO)C2=CC=C3CC(=C2)N=C(C2=CCN(C(=O)OC(C)(C)C)CC2)C=N3)c1. The van der Waals surface area contributed by atoms with Crippen molar-refractivity contribution in [2.24, 2.45) is 9.98 Å². The summed E-state index contributed by atoms with van der Waals surface area (Å²) in [6.07, 6.45) is 10.8. The molecule has 2 heterocycles. The van der Waals surface area contributed by atoms with Crippen molar-refractivity contribution < 1.29 is 24.1 Å². The summed E-state index contributed by atoms with van der Waals surface area (Å²) in [6, 6.07) is 5.63. The second kappa shape index (κ2) is 11.7. The van der Waals surface area contributed by atoms with E-state index in [1.54, 1.807) is 25.3 Å². The van der Waals surface area contributed by atoms with Crippen LogP contribution in [0.5, 0.6) is 11.5 Å². The Hall–Kier alpha value is -3.85. The first-order chi connectivity index (χ1) is 18.2. The third kappa shape index (κ3) is 6.72. The van der Waals surface area contributed by atoms with Gasteiger partial charge in [0.2, 0.25) is 0 Å². The van der Waals surface area contributed by atoms with E-state index < -0.39 is 5.60 Å². The van der Waals surface area contributed by atoms with Crippen molar-refractivity contribution >= 4 is 23.7 Å². The normalized spacial score (nSPS) is 17.2. The van der Waals surface area contributed by atoms with Crippen LogP contribution in [0.1, 0.15) is 33.6 Å². The molecule has 0 saturated carbocycles. The molecule has 1 aromatic rings. The quantitative estimate of drug-likeness (QED) is 0.562. The molecule has 1 N–H and O–H groups in total. The third-order valence-electron chi connectivity index (χ3n) is 6.21. The number of aliphatic hydroxyl groups is 1. The molecule has 0 unspecified atom stereocenters. The second-order valence-corrected chi connectivity index (χ2v) is 10.2. The van der Waals surface area contributed by atoms with Crippen LogP contribution in [0.2, 0.25) is 0 Å². The largest absolute Gasteiger partial charge is 0.497 e. The molecule has 0 spiro atoms. The van der Waals surface area contributed by atoms with E-state index in [-0.39, 0.29) is 12.7 Å². The second-order valence-electron chi connectivity index (χ2n) is 10.2. The van der Waals surface area contributed by atoms with Gasteiger partial charge in [0.15, 0.2) is 0 Å². The lowest BCUT2D eigenvalue weighted by molar-refractivity contribution is 0.0267. The minimum absolute atomic E-state index is 0.0374. The van der Waals surface area contributed by atoms with Gasteiger partial charge in [-0.25, -0.2) is 4.79 Å². The van der Waals surface area contributed by atoms with E-state index in [9.17, 15) is 9.90 Å². The summed E-state index contributed by atoms with van der Waals surface area (Å²) in [5.74, 6) is 1.32. The summed E-state index contributed by atoms with van der Waals surface area (Å²) in [5.41, 5.74) is 4.77. The number of fused-ring (bicyclic) bond motifs is 2. The van der Waals surface area contributed by atoms with Crippen molar-refractivity contribution in [1.82, 2.24) is 4.90 Å². The summed E-state index contributed by atoms with van der Waals surface area (Å²) in [5, 5.41) is 9.86.